The van der Waals surface area contributed by atoms with Crippen LogP contribution in [0.4, 0.5) is 11.5 Å². The molecular weight excluding hydrogens is 290 g/mol. The highest BCUT2D eigenvalue weighted by Crippen LogP contribution is 2.19. The third-order valence-electron chi connectivity index (χ3n) is 3.41. The summed E-state index contributed by atoms with van der Waals surface area (Å²) in [7, 11) is 1.54. The molecule has 5 nitrogen and oxygen atoms in total. The van der Waals surface area contributed by atoms with Crippen molar-refractivity contribution in [2.45, 2.75) is 20.3 Å². The summed E-state index contributed by atoms with van der Waals surface area (Å²) in [6, 6.07) is 10.8. The molecule has 1 heterocycles. The number of benzene rings is 1. The van der Waals surface area contributed by atoms with Gasteiger partial charge in [-0.05, 0) is 36.6 Å². The van der Waals surface area contributed by atoms with Gasteiger partial charge >= 0.3 is 0 Å². The molecule has 0 aliphatic rings. The Morgan fingerprint density at radius 3 is 2.65 bits per heavy atom. The summed E-state index contributed by atoms with van der Waals surface area (Å²) >= 11 is 0. The van der Waals surface area contributed by atoms with E-state index < -0.39 is 0 Å². The molecule has 122 valence electrons. The molecule has 1 amide bonds. The Bertz CT molecular complexity index is 639. The zero-order valence-corrected chi connectivity index (χ0v) is 13.8. The molecule has 1 aromatic carbocycles. The Kier molecular flexibility index (Phi) is 5.97. The fraction of sp³-hybridized carbons (Fsp3) is 0.333. The van der Waals surface area contributed by atoms with Crippen molar-refractivity contribution in [3.05, 3.63) is 48.2 Å². The predicted molar refractivity (Wildman–Crippen MR) is 93.1 cm³/mol. The molecule has 0 aliphatic heterocycles. The average molecular weight is 313 g/mol. The molecule has 0 aliphatic carbocycles. The number of anilines is 2. The number of rotatable bonds is 7. The maximum absolute atomic E-state index is 12.3. The van der Waals surface area contributed by atoms with Crippen LogP contribution < -0.4 is 15.4 Å². The van der Waals surface area contributed by atoms with Gasteiger partial charge in [-0.3, -0.25) is 4.79 Å². The van der Waals surface area contributed by atoms with E-state index in [1.165, 1.54) is 0 Å². The van der Waals surface area contributed by atoms with E-state index in [9.17, 15) is 4.79 Å². The largest absolute Gasteiger partial charge is 0.496 e. The third-order valence-corrected chi connectivity index (χ3v) is 3.41. The van der Waals surface area contributed by atoms with Gasteiger partial charge in [0.2, 0.25) is 0 Å². The van der Waals surface area contributed by atoms with Crippen molar-refractivity contribution in [2.75, 3.05) is 24.3 Å². The van der Waals surface area contributed by atoms with Crippen LogP contribution in [-0.2, 0) is 0 Å². The molecule has 0 bridgehead atoms. The van der Waals surface area contributed by atoms with Crippen LogP contribution in [0.5, 0.6) is 5.75 Å². The summed E-state index contributed by atoms with van der Waals surface area (Å²) < 4.78 is 5.20. The molecule has 0 saturated carbocycles. The Morgan fingerprint density at radius 2 is 2.00 bits per heavy atom. The first-order valence-corrected chi connectivity index (χ1v) is 7.74. The summed E-state index contributed by atoms with van der Waals surface area (Å²) in [5.74, 6) is 1.47. The Labute approximate surface area is 137 Å². The van der Waals surface area contributed by atoms with Gasteiger partial charge in [-0.2, -0.15) is 0 Å². The second kappa shape index (κ2) is 8.17. The molecule has 1 aromatic heterocycles. The van der Waals surface area contributed by atoms with E-state index in [-0.39, 0.29) is 5.91 Å². The number of ether oxygens (including phenoxy) is 1. The van der Waals surface area contributed by atoms with E-state index in [0.717, 1.165) is 18.7 Å². The number of amides is 1. The molecule has 0 atom stereocenters. The summed E-state index contributed by atoms with van der Waals surface area (Å²) in [6.45, 7) is 5.29. The van der Waals surface area contributed by atoms with E-state index in [2.05, 4.69) is 29.5 Å². The van der Waals surface area contributed by atoms with E-state index in [1.54, 1.807) is 37.6 Å². The van der Waals surface area contributed by atoms with Crippen molar-refractivity contribution in [2.24, 2.45) is 5.92 Å². The molecule has 0 unspecified atom stereocenters. The van der Waals surface area contributed by atoms with Gasteiger partial charge < -0.3 is 15.4 Å². The van der Waals surface area contributed by atoms with Crippen LogP contribution in [0.25, 0.3) is 0 Å². The number of aromatic nitrogens is 1. The molecule has 0 radical (unpaired) electrons. The SMILES string of the molecule is COc1ccccc1C(=O)Nc1ccc(NCCC(C)C)cn1. The van der Waals surface area contributed by atoms with Gasteiger partial charge in [0.05, 0.1) is 24.6 Å². The molecular formula is C18H23N3O2. The van der Waals surface area contributed by atoms with Gasteiger partial charge in [0.25, 0.3) is 5.91 Å². The lowest BCUT2D eigenvalue weighted by Crippen LogP contribution is -2.14. The minimum atomic E-state index is -0.240. The molecule has 5 heteroatoms. The highest BCUT2D eigenvalue weighted by atomic mass is 16.5. The van der Waals surface area contributed by atoms with Crippen LogP contribution in [0, 0.1) is 5.92 Å². The number of methoxy groups -OCH3 is 1. The zero-order chi connectivity index (χ0) is 16.7. The second-order valence-electron chi connectivity index (χ2n) is 5.70. The number of carbonyl (C=O) groups excluding carboxylic acids is 1. The van der Waals surface area contributed by atoms with Crippen LogP contribution in [0.15, 0.2) is 42.6 Å². The number of carbonyl (C=O) groups is 1. The Balaban J connectivity index is 1.96. The molecule has 0 fully saturated rings. The van der Waals surface area contributed by atoms with Crippen LogP contribution in [0.2, 0.25) is 0 Å². The fourth-order valence-corrected chi connectivity index (χ4v) is 2.09. The lowest BCUT2D eigenvalue weighted by molar-refractivity contribution is 0.102. The Hall–Kier alpha value is -2.56. The van der Waals surface area contributed by atoms with Gasteiger partial charge in [0, 0.05) is 6.54 Å². The quantitative estimate of drug-likeness (QED) is 0.816. The van der Waals surface area contributed by atoms with Crippen LogP contribution in [-0.4, -0.2) is 24.5 Å². The van der Waals surface area contributed by atoms with Crippen molar-refractivity contribution in [3.63, 3.8) is 0 Å². The van der Waals surface area contributed by atoms with E-state index >= 15 is 0 Å². The normalized spacial score (nSPS) is 10.4. The monoisotopic (exact) mass is 313 g/mol. The smallest absolute Gasteiger partial charge is 0.260 e. The standard InChI is InChI=1S/C18H23N3O2/c1-13(2)10-11-19-14-8-9-17(20-12-14)21-18(22)15-6-4-5-7-16(15)23-3/h4-9,12-13,19H,10-11H2,1-3H3,(H,20,21,22). The zero-order valence-electron chi connectivity index (χ0n) is 13.8. The first-order valence-electron chi connectivity index (χ1n) is 7.74. The number of nitrogens with one attached hydrogen (secondary N) is 2. The van der Waals surface area contributed by atoms with E-state index in [0.29, 0.717) is 23.0 Å². The maximum Gasteiger partial charge on any atom is 0.260 e. The van der Waals surface area contributed by atoms with E-state index in [1.807, 2.05) is 12.1 Å². The molecule has 2 N–H and O–H groups in total. The van der Waals surface area contributed by atoms with Crippen molar-refractivity contribution in [1.82, 2.24) is 4.98 Å². The first kappa shape index (κ1) is 16.8. The molecule has 0 saturated heterocycles. The summed E-state index contributed by atoms with van der Waals surface area (Å²) in [6.07, 6.45) is 2.82. The van der Waals surface area contributed by atoms with E-state index in [4.69, 9.17) is 4.74 Å². The highest BCUT2D eigenvalue weighted by molar-refractivity contribution is 6.05. The molecule has 0 spiro atoms. The molecule has 2 rings (SSSR count). The van der Waals surface area contributed by atoms with Crippen molar-refractivity contribution >= 4 is 17.4 Å². The minimum Gasteiger partial charge on any atom is -0.496 e. The van der Waals surface area contributed by atoms with Crippen LogP contribution in [0.1, 0.15) is 30.6 Å². The minimum absolute atomic E-state index is 0.240. The van der Waals surface area contributed by atoms with Gasteiger partial charge in [-0.15, -0.1) is 0 Å². The average Bonchev–Trinajstić information content (AvgIpc) is 2.56. The predicted octanol–water partition coefficient (Wildman–Crippen LogP) is 3.80. The topological polar surface area (TPSA) is 63.2 Å². The maximum atomic E-state index is 12.3. The van der Waals surface area contributed by atoms with Crippen molar-refractivity contribution in [3.8, 4) is 5.75 Å². The summed E-state index contributed by atoms with van der Waals surface area (Å²) in [5, 5.41) is 6.09. The number of pyridine rings is 1. The first-order chi connectivity index (χ1) is 11.1. The third kappa shape index (κ3) is 4.98. The Morgan fingerprint density at radius 1 is 1.22 bits per heavy atom. The summed E-state index contributed by atoms with van der Waals surface area (Å²) in [4.78, 5) is 16.5. The number of para-hydroxylation sites is 1. The van der Waals surface area contributed by atoms with Gasteiger partial charge in [0.15, 0.2) is 0 Å². The van der Waals surface area contributed by atoms with Crippen molar-refractivity contribution < 1.29 is 9.53 Å². The highest BCUT2D eigenvalue weighted by Gasteiger charge is 2.11. The molecule has 2 aromatic rings. The number of hydrogen-bond acceptors (Lipinski definition) is 4. The van der Waals surface area contributed by atoms with Crippen LogP contribution >= 0.6 is 0 Å². The van der Waals surface area contributed by atoms with Gasteiger partial charge in [-0.1, -0.05) is 26.0 Å². The lowest BCUT2D eigenvalue weighted by atomic mass is 10.1. The number of nitrogens with zero attached hydrogens (tertiary/aromatic N) is 1. The second-order valence-corrected chi connectivity index (χ2v) is 5.70. The van der Waals surface area contributed by atoms with Crippen LogP contribution in [0.3, 0.4) is 0 Å². The van der Waals surface area contributed by atoms with Crippen molar-refractivity contribution in [1.29, 1.82) is 0 Å². The number of hydrogen-bond donors (Lipinski definition) is 2. The lowest BCUT2D eigenvalue weighted by Gasteiger charge is -2.10. The van der Waals surface area contributed by atoms with Gasteiger partial charge in [-0.25, -0.2) is 4.98 Å². The summed E-state index contributed by atoms with van der Waals surface area (Å²) in [5.41, 5.74) is 1.43. The van der Waals surface area contributed by atoms with Gasteiger partial charge in [0.1, 0.15) is 11.6 Å². The molecule has 23 heavy (non-hydrogen) atoms. The fourth-order valence-electron chi connectivity index (χ4n) is 2.09.